The lowest BCUT2D eigenvalue weighted by Crippen LogP contribution is -2.87. The van der Waals surface area contributed by atoms with Crippen molar-refractivity contribution in [2.75, 3.05) is 6.54 Å². The van der Waals surface area contributed by atoms with E-state index in [1.165, 1.54) is 16.0 Å². The standard InChI is InChI=1S/C21H27N3O2S/c1-14(2)12-15-5-7-16(8-6-15)20(18-4-3-11-27-18)22-13-19(25)24-21(26)23-17-9-10-17/h3-8,11,14,17,20,22H,9-10,12-13H2,1-2H3,(H2,23,24,25,26)/p+1/t20-/m0/s1. The minimum Gasteiger partial charge on any atom is -0.335 e. The van der Waals surface area contributed by atoms with Crippen molar-refractivity contribution in [2.45, 2.75) is 45.2 Å². The summed E-state index contributed by atoms with van der Waals surface area (Å²) >= 11 is 1.68. The Labute approximate surface area is 164 Å². The topological polar surface area (TPSA) is 74.8 Å². The molecule has 0 aliphatic heterocycles. The van der Waals surface area contributed by atoms with Crippen LogP contribution in [0.4, 0.5) is 4.79 Å². The smallest absolute Gasteiger partial charge is 0.321 e. The Balaban J connectivity index is 1.61. The second-order valence-corrected chi connectivity index (χ2v) is 8.55. The number of rotatable bonds is 8. The van der Waals surface area contributed by atoms with E-state index in [1.807, 2.05) is 16.8 Å². The Morgan fingerprint density at radius 2 is 1.93 bits per heavy atom. The zero-order valence-corrected chi connectivity index (χ0v) is 16.7. The lowest BCUT2D eigenvalue weighted by Gasteiger charge is -2.15. The monoisotopic (exact) mass is 386 g/mol. The Bertz CT molecular complexity index is 752. The molecule has 1 saturated carbocycles. The molecule has 0 unspecified atom stereocenters. The molecule has 0 saturated heterocycles. The first-order valence-electron chi connectivity index (χ1n) is 9.57. The van der Waals surface area contributed by atoms with Gasteiger partial charge in [0.1, 0.15) is 6.04 Å². The highest BCUT2D eigenvalue weighted by Crippen LogP contribution is 2.23. The Hall–Kier alpha value is -2.18. The van der Waals surface area contributed by atoms with Gasteiger partial charge < -0.3 is 10.6 Å². The second kappa shape index (κ2) is 9.15. The SMILES string of the molecule is CC(C)Cc1ccc([C@H]([NH2+]CC(=O)NC(=O)NC2CC2)c2cccs2)cc1. The summed E-state index contributed by atoms with van der Waals surface area (Å²) in [5, 5.41) is 9.23. The summed E-state index contributed by atoms with van der Waals surface area (Å²) in [7, 11) is 0. The molecule has 5 nitrogen and oxygen atoms in total. The van der Waals surface area contributed by atoms with Crippen LogP contribution in [-0.2, 0) is 11.2 Å². The lowest BCUT2D eigenvalue weighted by atomic mass is 9.99. The molecule has 6 heteroatoms. The van der Waals surface area contributed by atoms with Gasteiger partial charge in [-0.2, -0.15) is 0 Å². The van der Waals surface area contributed by atoms with Crippen LogP contribution < -0.4 is 16.0 Å². The van der Waals surface area contributed by atoms with Crippen LogP contribution in [0.15, 0.2) is 41.8 Å². The quantitative estimate of drug-likeness (QED) is 0.652. The highest BCUT2D eigenvalue weighted by atomic mass is 32.1. The van der Waals surface area contributed by atoms with Crippen molar-refractivity contribution in [3.63, 3.8) is 0 Å². The van der Waals surface area contributed by atoms with E-state index >= 15 is 0 Å². The molecule has 1 aliphatic carbocycles. The van der Waals surface area contributed by atoms with Crippen LogP contribution >= 0.6 is 11.3 Å². The summed E-state index contributed by atoms with van der Waals surface area (Å²) in [4.78, 5) is 25.1. The summed E-state index contributed by atoms with van der Waals surface area (Å²) in [5.74, 6) is 0.354. The van der Waals surface area contributed by atoms with Crippen molar-refractivity contribution in [1.82, 2.24) is 10.6 Å². The van der Waals surface area contributed by atoms with Gasteiger partial charge in [0.15, 0.2) is 6.54 Å². The van der Waals surface area contributed by atoms with E-state index in [0.717, 1.165) is 19.3 Å². The maximum absolute atomic E-state index is 12.1. The molecule has 27 heavy (non-hydrogen) atoms. The number of urea groups is 1. The number of quaternary nitrogens is 1. The van der Waals surface area contributed by atoms with Crippen LogP contribution in [0.2, 0.25) is 0 Å². The van der Waals surface area contributed by atoms with Gasteiger partial charge in [-0.3, -0.25) is 10.1 Å². The maximum atomic E-state index is 12.1. The number of nitrogens with one attached hydrogen (secondary N) is 2. The van der Waals surface area contributed by atoms with Crippen molar-refractivity contribution in [3.8, 4) is 0 Å². The Morgan fingerprint density at radius 1 is 1.19 bits per heavy atom. The average molecular weight is 387 g/mol. The largest absolute Gasteiger partial charge is 0.335 e. The molecule has 1 fully saturated rings. The Kier molecular flexibility index (Phi) is 6.63. The van der Waals surface area contributed by atoms with Gasteiger partial charge in [-0.25, -0.2) is 4.79 Å². The average Bonchev–Trinajstić information content (AvgIpc) is 3.26. The minimum absolute atomic E-state index is 0.0512. The number of imide groups is 1. The van der Waals surface area contributed by atoms with Crippen LogP contribution in [-0.4, -0.2) is 24.5 Å². The number of hydrogen-bond acceptors (Lipinski definition) is 3. The molecule has 1 aromatic heterocycles. The predicted octanol–water partition coefficient (Wildman–Crippen LogP) is 2.59. The highest BCUT2D eigenvalue weighted by molar-refractivity contribution is 7.10. The van der Waals surface area contributed by atoms with Crippen LogP contribution in [0.1, 0.15) is 48.7 Å². The van der Waals surface area contributed by atoms with Gasteiger partial charge in [-0.15, -0.1) is 11.3 Å². The number of benzene rings is 1. The Morgan fingerprint density at radius 3 is 2.52 bits per heavy atom. The third kappa shape index (κ3) is 6.19. The summed E-state index contributed by atoms with van der Waals surface area (Å²) in [6.45, 7) is 4.64. The van der Waals surface area contributed by atoms with Crippen molar-refractivity contribution >= 4 is 23.3 Å². The molecule has 3 amide bonds. The maximum Gasteiger partial charge on any atom is 0.321 e. The van der Waals surface area contributed by atoms with Crippen molar-refractivity contribution in [3.05, 3.63) is 57.8 Å². The zero-order chi connectivity index (χ0) is 19.2. The summed E-state index contributed by atoms with van der Waals surface area (Å²) < 4.78 is 0. The van der Waals surface area contributed by atoms with Crippen molar-refractivity contribution in [2.24, 2.45) is 5.92 Å². The molecular formula is C21H28N3O2S+. The number of hydrogen-bond donors (Lipinski definition) is 3. The van der Waals surface area contributed by atoms with Crippen LogP contribution in [0.25, 0.3) is 0 Å². The first kappa shape index (κ1) is 19.6. The molecule has 1 heterocycles. The number of thiophene rings is 1. The highest BCUT2D eigenvalue weighted by Gasteiger charge is 2.25. The summed E-state index contributed by atoms with van der Waals surface area (Å²) in [5.41, 5.74) is 2.49. The number of carbonyl (C=O) groups excluding carboxylic acids is 2. The number of nitrogens with two attached hydrogens (primary N) is 1. The molecule has 3 rings (SSSR count). The third-order valence-electron chi connectivity index (χ3n) is 4.54. The third-order valence-corrected chi connectivity index (χ3v) is 5.49. The van der Waals surface area contributed by atoms with Crippen LogP contribution in [0.3, 0.4) is 0 Å². The van der Waals surface area contributed by atoms with E-state index in [4.69, 9.17) is 0 Å². The fourth-order valence-corrected chi connectivity index (χ4v) is 3.92. The summed E-state index contributed by atoms with van der Waals surface area (Å²) in [6, 6.07) is 12.7. The van der Waals surface area contributed by atoms with Gasteiger partial charge in [-0.1, -0.05) is 44.2 Å². The zero-order valence-electron chi connectivity index (χ0n) is 15.9. The first-order valence-corrected chi connectivity index (χ1v) is 10.4. The van der Waals surface area contributed by atoms with Gasteiger partial charge in [0.25, 0.3) is 5.91 Å². The molecule has 1 atom stereocenters. The molecule has 0 radical (unpaired) electrons. The molecular weight excluding hydrogens is 358 g/mol. The van der Waals surface area contributed by atoms with E-state index in [9.17, 15) is 9.59 Å². The van der Waals surface area contributed by atoms with Crippen molar-refractivity contribution in [1.29, 1.82) is 0 Å². The van der Waals surface area contributed by atoms with E-state index in [1.54, 1.807) is 11.3 Å². The van der Waals surface area contributed by atoms with Gasteiger partial charge >= 0.3 is 6.03 Å². The van der Waals surface area contributed by atoms with E-state index in [0.29, 0.717) is 5.92 Å². The van der Waals surface area contributed by atoms with E-state index in [-0.39, 0.29) is 30.6 Å². The van der Waals surface area contributed by atoms with Crippen LogP contribution in [0, 0.1) is 5.92 Å². The molecule has 0 spiro atoms. The van der Waals surface area contributed by atoms with E-state index in [2.05, 4.69) is 54.8 Å². The molecule has 144 valence electrons. The normalized spacial score (nSPS) is 14.8. The molecule has 1 aromatic carbocycles. The fourth-order valence-electron chi connectivity index (χ4n) is 3.07. The predicted molar refractivity (Wildman–Crippen MR) is 108 cm³/mol. The second-order valence-electron chi connectivity index (χ2n) is 7.57. The van der Waals surface area contributed by atoms with Gasteiger partial charge in [0.05, 0.1) is 4.88 Å². The number of carbonyl (C=O) groups is 2. The minimum atomic E-state index is -0.387. The van der Waals surface area contributed by atoms with E-state index < -0.39 is 0 Å². The molecule has 1 aliphatic rings. The first-order chi connectivity index (χ1) is 13.0. The van der Waals surface area contributed by atoms with Gasteiger partial charge in [0.2, 0.25) is 0 Å². The number of amides is 3. The molecule has 2 aromatic rings. The fraction of sp³-hybridized carbons (Fsp3) is 0.429. The van der Waals surface area contributed by atoms with Gasteiger partial charge in [-0.05, 0) is 42.2 Å². The lowest BCUT2D eigenvalue weighted by molar-refractivity contribution is -0.676. The molecule has 4 N–H and O–H groups in total. The van der Waals surface area contributed by atoms with Gasteiger partial charge in [0, 0.05) is 11.6 Å². The van der Waals surface area contributed by atoms with Crippen LogP contribution in [0.5, 0.6) is 0 Å². The summed E-state index contributed by atoms with van der Waals surface area (Å²) in [6.07, 6.45) is 3.06. The molecule has 0 bridgehead atoms. The van der Waals surface area contributed by atoms with Crippen molar-refractivity contribution < 1.29 is 14.9 Å².